The van der Waals surface area contributed by atoms with Crippen LogP contribution in [0, 0.1) is 13.8 Å². The third-order valence-electron chi connectivity index (χ3n) is 3.20. The highest BCUT2D eigenvalue weighted by Gasteiger charge is 2.13. The Kier molecular flexibility index (Phi) is 2.72. The van der Waals surface area contributed by atoms with Gasteiger partial charge in [-0.25, -0.2) is 4.98 Å². The van der Waals surface area contributed by atoms with Crippen molar-refractivity contribution >= 4 is 28.3 Å². The number of nitrogens with zero attached hydrogens (tertiary/aromatic N) is 1. The van der Waals surface area contributed by atoms with Gasteiger partial charge in [0.1, 0.15) is 5.82 Å². The van der Waals surface area contributed by atoms with Gasteiger partial charge in [-0.1, -0.05) is 23.7 Å². The van der Waals surface area contributed by atoms with Gasteiger partial charge >= 0.3 is 0 Å². The molecule has 1 aromatic heterocycles. The van der Waals surface area contributed by atoms with Crippen LogP contribution in [-0.4, -0.2) is 9.97 Å². The van der Waals surface area contributed by atoms with Gasteiger partial charge in [0.2, 0.25) is 0 Å². The topological polar surface area (TPSA) is 54.7 Å². The molecule has 0 bridgehead atoms. The first-order chi connectivity index (χ1) is 9.06. The highest BCUT2D eigenvalue weighted by Crippen LogP contribution is 2.33. The zero-order valence-corrected chi connectivity index (χ0v) is 11.5. The Morgan fingerprint density at radius 2 is 2.00 bits per heavy atom. The Labute approximate surface area is 116 Å². The molecule has 0 saturated heterocycles. The molecule has 0 aliphatic rings. The van der Waals surface area contributed by atoms with E-state index in [0.717, 1.165) is 22.2 Å². The SMILES string of the molecule is Cc1cc(C)c2nc(-c3c(N)cccc3Cl)[nH]c2c1. The van der Waals surface area contributed by atoms with Crippen LogP contribution in [-0.2, 0) is 0 Å². The summed E-state index contributed by atoms with van der Waals surface area (Å²) in [7, 11) is 0. The number of aryl methyl sites for hydroxylation is 2. The Morgan fingerprint density at radius 3 is 2.74 bits per heavy atom. The van der Waals surface area contributed by atoms with Crippen LogP contribution in [0.25, 0.3) is 22.4 Å². The Bertz CT molecular complexity index is 754. The van der Waals surface area contributed by atoms with Crippen LogP contribution < -0.4 is 5.73 Å². The smallest absolute Gasteiger partial charge is 0.142 e. The van der Waals surface area contributed by atoms with Crippen molar-refractivity contribution < 1.29 is 0 Å². The van der Waals surface area contributed by atoms with Crippen molar-refractivity contribution in [3.63, 3.8) is 0 Å². The molecule has 0 aliphatic heterocycles. The molecule has 0 fully saturated rings. The van der Waals surface area contributed by atoms with Crippen molar-refractivity contribution in [2.24, 2.45) is 0 Å². The van der Waals surface area contributed by atoms with E-state index in [9.17, 15) is 0 Å². The van der Waals surface area contributed by atoms with E-state index in [1.54, 1.807) is 0 Å². The van der Waals surface area contributed by atoms with Crippen LogP contribution in [0.5, 0.6) is 0 Å². The van der Waals surface area contributed by atoms with Crippen molar-refractivity contribution in [2.75, 3.05) is 5.73 Å². The molecular formula is C15H14ClN3. The highest BCUT2D eigenvalue weighted by atomic mass is 35.5. The molecule has 3 aromatic rings. The minimum Gasteiger partial charge on any atom is -0.398 e. The van der Waals surface area contributed by atoms with Gasteiger partial charge in [0, 0.05) is 5.69 Å². The molecule has 2 aromatic carbocycles. The first-order valence-electron chi connectivity index (χ1n) is 6.07. The normalized spacial score (nSPS) is 11.1. The van der Waals surface area contributed by atoms with Crippen molar-refractivity contribution in [2.45, 2.75) is 13.8 Å². The lowest BCUT2D eigenvalue weighted by Gasteiger charge is -2.03. The zero-order valence-electron chi connectivity index (χ0n) is 10.8. The van der Waals surface area contributed by atoms with E-state index in [4.69, 9.17) is 17.3 Å². The Balaban J connectivity index is 2.30. The molecule has 3 N–H and O–H groups in total. The molecule has 0 spiro atoms. The number of benzene rings is 2. The van der Waals surface area contributed by atoms with E-state index in [1.165, 1.54) is 5.56 Å². The maximum Gasteiger partial charge on any atom is 0.142 e. The number of anilines is 1. The number of rotatable bonds is 1. The third-order valence-corrected chi connectivity index (χ3v) is 3.52. The van der Waals surface area contributed by atoms with Crippen LogP contribution in [0.3, 0.4) is 0 Å². The monoisotopic (exact) mass is 271 g/mol. The van der Waals surface area contributed by atoms with Crippen molar-refractivity contribution in [1.29, 1.82) is 0 Å². The molecule has 96 valence electrons. The molecular weight excluding hydrogens is 258 g/mol. The number of nitrogens with one attached hydrogen (secondary N) is 1. The number of hydrogen-bond donors (Lipinski definition) is 2. The number of nitrogen functional groups attached to an aromatic ring is 1. The Hall–Kier alpha value is -2.00. The standard InChI is InChI=1S/C15H14ClN3/c1-8-6-9(2)14-12(7-8)18-15(19-14)13-10(16)4-3-5-11(13)17/h3-7H,17H2,1-2H3,(H,18,19). The lowest BCUT2D eigenvalue weighted by molar-refractivity contribution is 1.33. The molecule has 0 radical (unpaired) electrons. The van der Waals surface area contributed by atoms with E-state index in [-0.39, 0.29) is 0 Å². The molecule has 4 heteroatoms. The van der Waals surface area contributed by atoms with E-state index in [2.05, 4.69) is 35.9 Å². The van der Waals surface area contributed by atoms with Crippen molar-refractivity contribution in [1.82, 2.24) is 9.97 Å². The van der Waals surface area contributed by atoms with Gasteiger partial charge in [-0.15, -0.1) is 0 Å². The number of halogens is 1. The summed E-state index contributed by atoms with van der Waals surface area (Å²) in [5, 5.41) is 0.605. The average molecular weight is 272 g/mol. The summed E-state index contributed by atoms with van der Waals surface area (Å²) in [6, 6.07) is 9.67. The molecule has 0 aliphatic carbocycles. The first kappa shape index (κ1) is 12.1. The minimum atomic E-state index is 0.605. The predicted octanol–water partition coefficient (Wildman–Crippen LogP) is 4.08. The number of fused-ring (bicyclic) bond motifs is 1. The summed E-state index contributed by atoms with van der Waals surface area (Å²) >= 11 is 6.22. The minimum absolute atomic E-state index is 0.605. The molecule has 3 rings (SSSR count). The van der Waals surface area contributed by atoms with Crippen LogP contribution in [0.15, 0.2) is 30.3 Å². The largest absolute Gasteiger partial charge is 0.398 e. The van der Waals surface area contributed by atoms with Crippen molar-refractivity contribution in [3.05, 3.63) is 46.5 Å². The maximum absolute atomic E-state index is 6.22. The summed E-state index contributed by atoms with van der Waals surface area (Å²) in [6.45, 7) is 4.12. The highest BCUT2D eigenvalue weighted by molar-refractivity contribution is 6.33. The molecule has 3 nitrogen and oxygen atoms in total. The van der Waals surface area contributed by atoms with Gasteiger partial charge in [-0.2, -0.15) is 0 Å². The molecule has 0 amide bonds. The Morgan fingerprint density at radius 1 is 1.21 bits per heavy atom. The second-order valence-corrected chi connectivity index (χ2v) is 5.17. The van der Waals surface area contributed by atoms with E-state index < -0.39 is 0 Å². The summed E-state index contributed by atoms with van der Waals surface area (Å²) in [4.78, 5) is 7.92. The number of aromatic nitrogens is 2. The fourth-order valence-electron chi connectivity index (χ4n) is 2.38. The third kappa shape index (κ3) is 1.96. The fourth-order valence-corrected chi connectivity index (χ4v) is 2.65. The van der Waals surface area contributed by atoms with Gasteiger partial charge < -0.3 is 10.7 Å². The van der Waals surface area contributed by atoms with Crippen LogP contribution >= 0.6 is 11.6 Å². The van der Waals surface area contributed by atoms with E-state index in [1.807, 2.05) is 18.2 Å². The second-order valence-electron chi connectivity index (χ2n) is 4.77. The lowest BCUT2D eigenvalue weighted by Crippen LogP contribution is -1.91. The fraction of sp³-hybridized carbons (Fsp3) is 0.133. The van der Waals surface area contributed by atoms with E-state index >= 15 is 0 Å². The van der Waals surface area contributed by atoms with Crippen LogP contribution in [0.1, 0.15) is 11.1 Å². The number of nitrogens with two attached hydrogens (primary N) is 1. The average Bonchev–Trinajstić information content (AvgIpc) is 2.72. The molecule has 0 unspecified atom stereocenters. The number of imidazole rings is 1. The van der Waals surface area contributed by atoms with Crippen LogP contribution in [0.2, 0.25) is 5.02 Å². The summed E-state index contributed by atoms with van der Waals surface area (Å²) < 4.78 is 0. The molecule has 19 heavy (non-hydrogen) atoms. The number of hydrogen-bond acceptors (Lipinski definition) is 2. The lowest BCUT2D eigenvalue weighted by atomic mass is 10.1. The van der Waals surface area contributed by atoms with Gasteiger partial charge in [-0.05, 0) is 43.2 Å². The zero-order chi connectivity index (χ0) is 13.6. The van der Waals surface area contributed by atoms with Gasteiger partial charge in [-0.3, -0.25) is 0 Å². The summed E-state index contributed by atoms with van der Waals surface area (Å²) in [6.07, 6.45) is 0. The maximum atomic E-state index is 6.22. The first-order valence-corrected chi connectivity index (χ1v) is 6.45. The number of aromatic amines is 1. The molecule has 0 saturated carbocycles. The second kappa shape index (κ2) is 4.28. The number of H-pyrrole nitrogens is 1. The molecule has 1 heterocycles. The van der Waals surface area contributed by atoms with Crippen LogP contribution in [0.4, 0.5) is 5.69 Å². The van der Waals surface area contributed by atoms with E-state index in [0.29, 0.717) is 16.5 Å². The molecule has 0 atom stereocenters. The predicted molar refractivity (Wildman–Crippen MR) is 80.4 cm³/mol. The van der Waals surface area contributed by atoms with Gasteiger partial charge in [0.15, 0.2) is 0 Å². The van der Waals surface area contributed by atoms with Crippen molar-refractivity contribution in [3.8, 4) is 11.4 Å². The quantitative estimate of drug-likeness (QED) is 0.655. The van der Waals surface area contributed by atoms with Gasteiger partial charge in [0.05, 0.1) is 21.6 Å². The summed E-state index contributed by atoms with van der Waals surface area (Å²) in [5.74, 6) is 0.715. The van der Waals surface area contributed by atoms with Gasteiger partial charge in [0.25, 0.3) is 0 Å². The summed E-state index contributed by atoms with van der Waals surface area (Å²) in [5.41, 5.74) is 11.7.